The molecule has 2 saturated carbocycles. The van der Waals surface area contributed by atoms with Gasteiger partial charge in [-0.25, -0.2) is 0 Å². The monoisotopic (exact) mass is 251 g/mol. The lowest BCUT2D eigenvalue weighted by Gasteiger charge is -2.38. The Hall–Kier alpha value is -0.570. The number of carbonyl (C=O) groups is 1. The molecule has 4 atom stereocenters. The molecule has 3 nitrogen and oxygen atoms in total. The zero-order valence-corrected chi connectivity index (χ0v) is 11.3. The maximum absolute atomic E-state index is 11.5. The van der Waals surface area contributed by atoms with E-state index in [2.05, 4.69) is 11.8 Å². The third-order valence-electron chi connectivity index (χ3n) is 5.44. The average molecular weight is 251 g/mol. The van der Waals surface area contributed by atoms with E-state index < -0.39 is 5.97 Å². The van der Waals surface area contributed by atoms with Gasteiger partial charge in [0.05, 0.1) is 0 Å². The molecule has 0 spiro atoms. The first-order chi connectivity index (χ1) is 8.66. The SMILES string of the molecule is CC1CCN(C2CCCC(C3CC3)C2)C1C(=O)O. The largest absolute Gasteiger partial charge is 0.480 e. The average Bonchev–Trinajstić information content (AvgIpc) is 3.12. The summed E-state index contributed by atoms with van der Waals surface area (Å²) in [5.74, 6) is 1.60. The molecule has 3 aliphatic rings. The van der Waals surface area contributed by atoms with Crippen molar-refractivity contribution in [1.82, 2.24) is 4.90 Å². The molecule has 1 N–H and O–H groups in total. The summed E-state index contributed by atoms with van der Waals surface area (Å²) in [7, 11) is 0. The van der Waals surface area contributed by atoms with Crippen molar-refractivity contribution in [2.24, 2.45) is 17.8 Å². The van der Waals surface area contributed by atoms with E-state index in [1.165, 1.54) is 38.5 Å². The first-order valence-electron chi connectivity index (χ1n) is 7.65. The molecule has 0 aromatic heterocycles. The third-order valence-corrected chi connectivity index (χ3v) is 5.44. The fraction of sp³-hybridized carbons (Fsp3) is 0.933. The molecule has 3 heteroatoms. The number of nitrogens with zero attached hydrogens (tertiary/aromatic N) is 1. The molecule has 0 radical (unpaired) electrons. The van der Waals surface area contributed by atoms with Crippen molar-refractivity contribution in [3.05, 3.63) is 0 Å². The number of hydrogen-bond donors (Lipinski definition) is 1. The summed E-state index contributed by atoms with van der Waals surface area (Å²) in [5, 5.41) is 9.43. The van der Waals surface area contributed by atoms with Crippen molar-refractivity contribution in [1.29, 1.82) is 0 Å². The van der Waals surface area contributed by atoms with Gasteiger partial charge in [0.15, 0.2) is 0 Å². The molecular weight excluding hydrogens is 226 g/mol. The van der Waals surface area contributed by atoms with Crippen LogP contribution in [0.5, 0.6) is 0 Å². The number of rotatable bonds is 3. The van der Waals surface area contributed by atoms with Crippen molar-refractivity contribution >= 4 is 5.97 Å². The molecule has 0 bridgehead atoms. The van der Waals surface area contributed by atoms with Crippen LogP contribution in [0.2, 0.25) is 0 Å². The number of carboxylic acids is 1. The van der Waals surface area contributed by atoms with Gasteiger partial charge in [0.1, 0.15) is 6.04 Å². The molecule has 3 fully saturated rings. The van der Waals surface area contributed by atoms with Crippen LogP contribution in [0.1, 0.15) is 51.9 Å². The minimum absolute atomic E-state index is 0.215. The normalized spacial score (nSPS) is 42.1. The van der Waals surface area contributed by atoms with Crippen molar-refractivity contribution < 1.29 is 9.90 Å². The van der Waals surface area contributed by atoms with E-state index in [1.54, 1.807) is 0 Å². The van der Waals surface area contributed by atoms with Gasteiger partial charge in [0, 0.05) is 6.04 Å². The highest BCUT2D eigenvalue weighted by Crippen LogP contribution is 2.45. The fourth-order valence-electron chi connectivity index (χ4n) is 4.27. The van der Waals surface area contributed by atoms with Crippen LogP contribution in [-0.4, -0.2) is 34.6 Å². The van der Waals surface area contributed by atoms with Crippen molar-refractivity contribution in [2.45, 2.75) is 64.0 Å². The highest BCUT2D eigenvalue weighted by Gasteiger charge is 2.43. The third kappa shape index (κ3) is 2.29. The van der Waals surface area contributed by atoms with E-state index in [4.69, 9.17) is 0 Å². The van der Waals surface area contributed by atoms with Gasteiger partial charge in [-0.3, -0.25) is 9.69 Å². The van der Waals surface area contributed by atoms with E-state index in [9.17, 15) is 9.90 Å². The van der Waals surface area contributed by atoms with E-state index in [0.717, 1.165) is 24.8 Å². The molecule has 0 aromatic carbocycles. The second kappa shape index (κ2) is 4.84. The first-order valence-corrected chi connectivity index (χ1v) is 7.65. The quantitative estimate of drug-likeness (QED) is 0.838. The molecule has 18 heavy (non-hydrogen) atoms. The van der Waals surface area contributed by atoms with Crippen molar-refractivity contribution in [2.75, 3.05) is 6.54 Å². The molecular formula is C15H25NO2. The van der Waals surface area contributed by atoms with Crippen LogP contribution in [0.25, 0.3) is 0 Å². The zero-order valence-electron chi connectivity index (χ0n) is 11.3. The Morgan fingerprint density at radius 3 is 2.56 bits per heavy atom. The minimum atomic E-state index is -0.603. The van der Waals surface area contributed by atoms with Crippen LogP contribution in [-0.2, 0) is 4.79 Å². The van der Waals surface area contributed by atoms with E-state index in [0.29, 0.717) is 12.0 Å². The topological polar surface area (TPSA) is 40.5 Å². The smallest absolute Gasteiger partial charge is 0.321 e. The van der Waals surface area contributed by atoms with Crippen LogP contribution >= 0.6 is 0 Å². The fourth-order valence-corrected chi connectivity index (χ4v) is 4.27. The van der Waals surface area contributed by atoms with Gasteiger partial charge >= 0.3 is 5.97 Å². The Morgan fingerprint density at radius 1 is 1.11 bits per heavy atom. The number of hydrogen-bond acceptors (Lipinski definition) is 2. The lowest BCUT2D eigenvalue weighted by Crippen LogP contribution is -2.47. The van der Waals surface area contributed by atoms with Gasteiger partial charge in [-0.15, -0.1) is 0 Å². The van der Waals surface area contributed by atoms with Crippen LogP contribution in [0, 0.1) is 17.8 Å². The van der Waals surface area contributed by atoms with E-state index in [1.807, 2.05) is 0 Å². The predicted molar refractivity (Wildman–Crippen MR) is 70.4 cm³/mol. The lowest BCUT2D eigenvalue weighted by molar-refractivity contribution is -0.144. The van der Waals surface area contributed by atoms with E-state index in [-0.39, 0.29) is 6.04 Å². The Kier molecular flexibility index (Phi) is 3.35. The van der Waals surface area contributed by atoms with Crippen LogP contribution < -0.4 is 0 Å². The Bertz CT molecular complexity index is 326. The lowest BCUT2D eigenvalue weighted by atomic mass is 9.81. The Balaban J connectivity index is 1.67. The van der Waals surface area contributed by atoms with Crippen LogP contribution in [0.15, 0.2) is 0 Å². The molecule has 0 amide bonds. The number of carboxylic acid groups (broad SMARTS) is 1. The molecule has 2 aliphatic carbocycles. The van der Waals surface area contributed by atoms with Gasteiger partial charge in [-0.2, -0.15) is 0 Å². The molecule has 1 saturated heterocycles. The number of likely N-dealkylation sites (tertiary alicyclic amines) is 1. The molecule has 0 aromatic rings. The van der Waals surface area contributed by atoms with Crippen molar-refractivity contribution in [3.8, 4) is 0 Å². The van der Waals surface area contributed by atoms with Gasteiger partial charge in [0.25, 0.3) is 0 Å². The second-order valence-corrected chi connectivity index (χ2v) is 6.70. The van der Waals surface area contributed by atoms with Gasteiger partial charge in [-0.05, 0) is 56.4 Å². The Labute approximate surface area is 110 Å². The summed E-state index contributed by atoms with van der Waals surface area (Å²) in [6, 6.07) is 0.336. The summed E-state index contributed by atoms with van der Waals surface area (Å²) in [6.07, 6.45) is 9.10. The molecule has 1 heterocycles. The van der Waals surface area contributed by atoms with Gasteiger partial charge in [-0.1, -0.05) is 19.8 Å². The maximum atomic E-state index is 11.5. The van der Waals surface area contributed by atoms with Gasteiger partial charge in [0.2, 0.25) is 0 Å². The molecule has 3 rings (SSSR count). The molecule has 102 valence electrons. The minimum Gasteiger partial charge on any atom is -0.480 e. The van der Waals surface area contributed by atoms with Crippen LogP contribution in [0.3, 0.4) is 0 Å². The summed E-state index contributed by atoms with van der Waals surface area (Å²) in [4.78, 5) is 13.8. The second-order valence-electron chi connectivity index (χ2n) is 6.70. The standard InChI is InChI=1S/C15H25NO2/c1-10-7-8-16(14(10)15(17)18)13-4-2-3-12(9-13)11-5-6-11/h10-14H,2-9H2,1H3,(H,17,18). The first kappa shape index (κ1) is 12.5. The summed E-state index contributed by atoms with van der Waals surface area (Å²) >= 11 is 0. The van der Waals surface area contributed by atoms with Gasteiger partial charge < -0.3 is 5.11 Å². The Morgan fingerprint density at radius 2 is 1.89 bits per heavy atom. The zero-order chi connectivity index (χ0) is 12.7. The highest BCUT2D eigenvalue weighted by molar-refractivity contribution is 5.74. The van der Waals surface area contributed by atoms with Crippen molar-refractivity contribution in [3.63, 3.8) is 0 Å². The maximum Gasteiger partial charge on any atom is 0.321 e. The summed E-state index contributed by atoms with van der Waals surface area (Å²) < 4.78 is 0. The molecule has 1 aliphatic heterocycles. The highest BCUT2D eigenvalue weighted by atomic mass is 16.4. The molecule has 4 unspecified atom stereocenters. The summed E-state index contributed by atoms with van der Waals surface area (Å²) in [6.45, 7) is 3.10. The number of aliphatic carboxylic acids is 1. The van der Waals surface area contributed by atoms with E-state index >= 15 is 0 Å². The predicted octanol–water partition coefficient (Wildman–Crippen LogP) is 2.75. The summed E-state index contributed by atoms with van der Waals surface area (Å²) in [5.41, 5.74) is 0. The van der Waals surface area contributed by atoms with Crippen LogP contribution in [0.4, 0.5) is 0 Å².